The highest BCUT2D eigenvalue weighted by atomic mass is 32.2. The minimum atomic E-state index is -3.50. The molecule has 20 heavy (non-hydrogen) atoms. The normalized spacial score (nSPS) is 11.7. The van der Waals surface area contributed by atoms with Crippen molar-refractivity contribution in [1.29, 1.82) is 0 Å². The summed E-state index contributed by atoms with van der Waals surface area (Å²) in [5.41, 5.74) is 3.37. The van der Waals surface area contributed by atoms with Crippen LogP contribution < -0.4 is 4.72 Å². The van der Waals surface area contributed by atoms with Crippen LogP contribution in [0.5, 0.6) is 0 Å². The molecule has 0 amide bonds. The van der Waals surface area contributed by atoms with Crippen molar-refractivity contribution >= 4 is 21.8 Å². The molecule has 0 fully saturated rings. The number of hydrogen-bond donors (Lipinski definition) is 1. The summed E-state index contributed by atoms with van der Waals surface area (Å²) >= 11 is 0. The van der Waals surface area contributed by atoms with E-state index in [1.54, 1.807) is 6.08 Å². The molecule has 0 bridgehead atoms. The van der Waals surface area contributed by atoms with Gasteiger partial charge in [-0.2, -0.15) is 0 Å². The zero-order chi connectivity index (χ0) is 14.6. The topological polar surface area (TPSA) is 46.2 Å². The second-order valence-electron chi connectivity index (χ2n) is 4.68. The Hall–Kier alpha value is -2.07. The molecule has 1 N–H and O–H groups in total. The lowest BCUT2D eigenvalue weighted by atomic mass is 10.1. The fourth-order valence-electron chi connectivity index (χ4n) is 1.77. The number of aryl methyl sites for hydroxylation is 2. The van der Waals surface area contributed by atoms with Crippen LogP contribution in [-0.2, 0) is 10.0 Å². The molecule has 2 aromatic rings. The molecule has 4 heteroatoms. The summed E-state index contributed by atoms with van der Waals surface area (Å²) in [7, 11) is -3.50. The summed E-state index contributed by atoms with van der Waals surface area (Å²) in [6.45, 7) is 3.80. The summed E-state index contributed by atoms with van der Waals surface area (Å²) in [6.07, 6.45) is 1.58. The van der Waals surface area contributed by atoms with Crippen LogP contribution in [0.1, 0.15) is 16.7 Å². The molecule has 0 atom stereocenters. The first-order valence-electron chi connectivity index (χ1n) is 6.29. The van der Waals surface area contributed by atoms with Gasteiger partial charge in [0, 0.05) is 0 Å². The zero-order valence-electron chi connectivity index (χ0n) is 11.5. The van der Waals surface area contributed by atoms with Gasteiger partial charge in [-0.3, -0.25) is 4.72 Å². The number of anilines is 1. The maximum Gasteiger partial charge on any atom is 0.255 e. The maximum atomic E-state index is 12.0. The van der Waals surface area contributed by atoms with Gasteiger partial charge in [0.25, 0.3) is 10.0 Å². The number of benzene rings is 2. The van der Waals surface area contributed by atoms with Crippen LogP contribution in [0, 0.1) is 13.8 Å². The summed E-state index contributed by atoms with van der Waals surface area (Å²) in [6, 6.07) is 15.0. The minimum Gasteiger partial charge on any atom is -0.280 e. The van der Waals surface area contributed by atoms with E-state index >= 15 is 0 Å². The predicted octanol–water partition coefficient (Wildman–Crippen LogP) is 3.72. The van der Waals surface area contributed by atoms with Gasteiger partial charge in [0.05, 0.1) is 11.1 Å². The van der Waals surface area contributed by atoms with Crippen LogP contribution in [0.3, 0.4) is 0 Å². The Labute approximate surface area is 120 Å². The second-order valence-corrected chi connectivity index (χ2v) is 6.25. The average molecular weight is 287 g/mol. The fourth-order valence-corrected chi connectivity index (χ4v) is 2.70. The van der Waals surface area contributed by atoms with Crippen molar-refractivity contribution in [3.8, 4) is 0 Å². The van der Waals surface area contributed by atoms with Crippen LogP contribution in [0.4, 0.5) is 5.69 Å². The van der Waals surface area contributed by atoms with E-state index in [9.17, 15) is 8.42 Å². The Morgan fingerprint density at radius 1 is 1.00 bits per heavy atom. The SMILES string of the molecule is Cc1ccc(C)c(NS(=O)(=O)/C=C/c2ccccc2)c1. The standard InChI is InChI=1S/C16H17NO2S/c1-13-8-9-14(2)16(12-13)17-20(18,19)11-10-15-6-4-3-5-7-15/h3-12,17H,1-2H3/b11-10+. The van der Waals surface area contributed by atoms with E-state index in [1.807, 2.05) is 62.4 Å². The van der Waals surface area contributed by atoms with Crippen LogP contribution in [0.15, 0.2) is 53.9 Å². The summed E-state index contributed by atoms with van der Waals surface area (Å²) < 4.78 is 26.7. The van der Waals surface area contributed by atoms with E-state index < -0.39 is 10.0 Å². The molecule has 0 saturated heterocycles. The van der Waals surface area contributed by atoms with Gasteiger partial charge in [-0.05, 0) is 42.7 Å². The smallest absolute Gasteiger partial charge is 0.255 e. The molecule has 3 nitrogen and oxygen atoms in total. The van der Waals surface area contributed by atoms with Crippen molar-refractivity contribution in [3.63, 3.8) is 0 Å². The Kier molecular flexibility index (Phi) is 4.25. The first kappa shape index (κ1) is 14.3. The van der Waals surface area contributed by atoms with Crippen molar-refractivity contribution in [2.45, 2.75) is 13.8 Å². The van der Waals surface area contributed by atoms with Crippen LogP contribution in [0.25, 0.3) is 6.08 Å². The van der Waals surface area contributed by atoms with Crippen molar-refractivity contribution in [1.82, 2.24) is 0 Å². The fraction of sp³-hybridized carbons (Fsp3) is 0.125. The quantitative estimate of drug-likeness (QED) is 0.931. The zero-order valence-corrected chi connectivity index (χ0v) is 12.3. The van der Waals surface area contributed by atoms with E-state index in [-0.39, 0.29) is 0 Å². The number of rotatable bonds is 4. The van der Waals surface area contributed by atoms with Crippen LogP contribution in [-0.4, -0.2) is 8.42 Å². The van der Waals surface area contributed by atoms with Crippen LogP contribution in [0.2, 0.25) is 0 Å². The molecule has 0 aliphatic rings. The third-order valence-corrected chi connectivity index (χ3v) is 3.88. The number of sulfonamides is 1. The van der Waals surface area contributed by atoms with Crippen molar-refractivity contribution in [2.75, 3.05) is 4.72 Å². The average Bonchev–Trinajstić information content (AvgIpc) is 2.42. The summed E-state index contributed by atoms with van der Waals surface area (Å²) in [5, 5.41) is 1.18. The molecule has 0 spiro atoms. The van der Waals surface area contributed by atoms with E-state index in [2.05, 4.69) is 4.72 Å². The van der Waals surface area contributed by atoms with Crippen molar-refractivity contribution in [2.24, 2.45) is 0 Å². The van der Waals surface area contributed by atoms with Gasteiger partial charge < -0.3 is 0 Å². The van der Waals surface area contributed by atoms with Gasteiger partial charge in [0.1, 0.15) is 0 Å². The molecular weight excluding hydrogens is 270 g/mol. The molecule has 0 aliphatic heterocycles. The molecule has 0 heterocycles. The van der Waals surface area contributed by atoms with Crippen LogP contribution >= 0.6 is 0 Å². The lowest BCUT2D eigenvalue weighted by Gasteiger charge is -2.08. The van der Waals surface area contributed by atoms with E-state index in [0.29, 0.717) is 5.69 Å². The highest BCUT2D eigenvalue weighted by molar-refractivity contribution is 7.95. The van der Waals surface area contributed by atoms with E-state index in [4.69, 9.17) is 0 Å². The Morgan fingerprint density at radius 2 is 1.70 bits per heavy atom. The summed E-state index contributed by atoms with van der Waals surface area (Å²) in [5.74, 6) is 0. The van der Waals surface area contributed by atoms with Crippen molar-refractivity contribution in [3.05, 3.63) is 70.6 Å². The molecule has 0 aliphatic carbocycles. The second kappa shape index (κ2) is 5.92. The van der Waals surface area contributed by atoms with Gasteiger partial charge in [-0.1, -0.05) is 42.5 Å². The largest absolute Gasteiger partial charge is 0.280 e. The molecule has 0 radical (unpaired) electrons. The lowest BCUT2D eigenvalue weighted by Crippen LogP contribution is -2.10. The molecule has 2 aromatic carbocycles. The van der Waals surface area contributed by atoms with Gasteiger partial charge in [0.2, 0.25) is 0 Å². The first-order chi connectivity index (χ1) is 9.46. The van der Waals surface area contributed by atoms with E-state index in [1.165, 1.54) is 5.41 Å². The number of hydrogen-bond acceptors (Lipinski definition) is 2. The highest BCUT2D eigenvalue weighted by Gasteiger charge is 2.07. The third-order valence-electron chi connectivity index (χ3n) is 2.88. The Bertz CT molecular complexity index is 719. The molecular formula is C16H17NO2S. The monoisotopic (exact) mass is 287 g/mol. The van der Waals surface area contributed by atoms with Gasteiger partial charge in [0.15, 0.2) is 0 Å². The van der Waals surface area contributed by atoms with Crippen molar-refractivity contribution < 1.29 is 8.42 Å². The molecule has 0 aromatic heterocycles. The van der Waals surface area contributed by atoms with Gasteiger partial charge >= 0.3 is 0 Å². The lowest BCUT2D eigenvalue weighted by molar-refractivity contribution is 0.609. The Morgan fingerprint density at radius 3 is 2.40 bits per heavy atom. The molecule has 2 rings (SSSR count). The maximum absolute atomic E-state index is 12.0. The van der Waals surface area contributed by atoms with Gasteiger partial charge in [-0.15, -0.1) is 0 Å². The summed E-state index contributed by atoms with van der Waals surface area (Å²) in [4.78, 5) is 0. The highest BCUT2D eigenvalue weighted by Crippen LogP contribution is 2.18. The first-order valence-corrected chi connectivity index (χ1v) is 7.84. The third kappa shape index (κ3) is 3.96. The molecule has 0 unspecified atom stereocenters. The minimum absolute atomic E-state index is 0.614. The Balaban J connectivity index is 2.19. The number of nitrogens with one attached hydrogen (secondary N) is 1. The predicted molar refractivity (Wildman–Crippen MR) is 83.9 cm³/mol. The van der Waals surface area contributed by atoms with Gasteiger partial charge in [-0.25, -0.2) is 8.42 Å². The van der Waals surface area contributed by atoms with E-state index in [0.717, 1.165) is 16.7 Å². The molecule has 104 valence electrons. The molecule has 0 saturated carbocycles.